The maximum Gasteiger partial charge on any atom is 0.165 e. The van der Waals surface area contributed by atoms with E-state index in [9.17, 15) is 15.3 Å². The minimum Gasteiger partial charge on any atom is -0.388 e. The van der Waals surface area contributed by atoms with E-state index in [1.165, 1.54) is 17.2 Å². The molecule has 3 rings (SSSR count). The summed E-state index contributed by atoms with van der Waals surface area (Å²) in [6.07, 6.45) is -1.64. The van der Waals surface area contributed by atoms with Gasteiger partial charge in [-0.25, -0.2) is 9.97 Å². The fourth-order valence-corrected chi connectivity index (χ4v) is 2.30. The molecule has 2 aromatic rings. The largest absolute Gasteiger partial charge is 0.388 e. The highest BCUT2D eigenvalue weighted by atomic mass is 32.1. The molecular weight excluding hydrogens is 272 g/mol. The fourth-order valence-electron chi connectivity index (χ4n) is 2.10. The van der Waals surface area contributed by atoms with E-state index >= 15 is 0 Å². The number of ether oxygens (including phenoxy) is 1. The van der Waals surface area contributed by atoms with Crippen LogP contribution in [0.1, 0.15) is 6.23 Å². The molecule has 0 aromatic carbocycles. The normalized spacial score (nSPS) is 31.7. The van der Waals surface area contributed by atoms with Crippen molar-refractivity contribution in [3.8, 4) is 0 Å². The zero-order valence-electron chi connectivity index (χ0n) is 9.67. The Balaban J connectivity index is 2.05. The van der Waals surface area contributed by atoms with Crippen molar-refractivity contribution >= 4 is 23.4 Å². The Bertz CT molecular complexity index is 656. The van der Waals surface area contributed by atoms with Gasteiger partial charge in [0.05, 0.1) is 19.3 Å². The van der Waals surface area contributed by atoms with E-state index in [0.717, 1.165) is 0 Å². The Morgan fingerprint density at radius 2 is 2.11 bits per heavy atom. The van der Waals surface area contributed by atoms with E-state index in [4.69, 9.17) is 17.0 Å². The molecule has 2 aromatic heterocycles. The highest BCUT2D eigenvalue weighted by Gasteiger charge is 2.39. The first-order valence-corrected chi connectivity index (χ1v) is 6.06. The second-order valence-corrected chi connectivity index (χ2v) is 4.72. The predicted octanol–water partition coefficient (Wildman–Crippen LogP) is -0.900. The van der Waals surface area contributed by atoms with Crippen molar-refractivity contribution in [2.75, 3.05) is 6.61 Å². The maximum atomic E-state index is 9.97. The molecule has 0 amide bonds. The Labute approximate surface area is 112 Å². The van der Waals surface area contributed by atoms with Crippen LogP contribution in [-0.2, 0) is 4.74 Å². The fraction of sp³-hybridized carbons (Fsp3) is 0.500. The molecule has 0 saturated carbocycles. The highest BCUT2D eigenvalue weighted by Crippen LogP contribution is 2.26. The molecule has 1 aliphatic rings. The van der Waals surface area contributed by atoms with Crippen molar-refractivity contribution in [3.05, 3.63) is 17.3 Å². The van der Waals surface area contributed by atoms with Gasteiger partial charge in [0.25, 0.3) is 0 Å². The average Bonchev–Trinajstić information content (AvgIpc) is 2.82. The van der Waals surface area contributed by atoms with Crippen LogP contribution >= 0.6 is 12.2 Å². The van der Waals surface area contributed by atoms with E-state index in [1.54, 1.807) is 0 Å². The zero-order chi connectivity index (χ0) is 13.6. The van der Waals surface area contributed by atoms with Gasteiger partial charge in [0.1, 0.15) is 29.5 Å². The summed E-state index contributed by atoms with van der Waals surface area (Å²) in [6, 6.07) is 0. The van der Waals surface area contributed by atoms with Gasteiger partial charge < -0.3 is 25.0 Å². The van der Waals surface area contributed by atoms with Crippen LogP contribution in [0.25, 0.3) is 11.2 Å². The standard InChI is InChI=1S/C10H12N4O4S/c15-4-1-18-10(7(17)6(4)16)14-3-13-5-8(14)11-2-12-9(5)19/h2-4,6-7,10,15-17H,1H2,(H,11,12,19)/t4-,6-,7-,10+/m1/s1. The lowest BCUT2D eigenvalue weighted by Gasteiger charge is -2.35. The Hall–Kier alpha value is -1.39. The molecule has 4 atom stereocenters. The zero-order valence-corrected chi connectivity index (χ0v) is 10.5. The van der Waals surface area contributed by atoms with Gasteiger partial charge in [-0.3, -0.25) is 4.57 Å². The number of aliphatic hydroxyl groups is 3. The Kier molecular flexibility index (Phi) is 3.07. The van der Waals surface area contributed by atoms with Crippen LogP contribution in [0.2, 0.25) is 0 Å². The minimum absolute atomic E-state index is 0.0750. The van der Waals surface area contributed by atoms with Crippen LogP contribution in [0.15, 0.2) is 12.7 Å². The minimum atomic E-state index is -1.28. The molecule has 4 N–H and O–H groups in total. The van der Waals surface area contributed by atoms with Crippen LogP contribution in [0.3, 0.4) is 0 Å². The van der Waals surface area contributed by atoms with Crippen molar-refractivity contribution < 1.29 is 20.1 Å². The number of rotatable bonds is 1. The molecule has 0 spiro atoms. The molecule has 1 saturated heterocycles. The molecule has 102 valence electrons. The van der Waals surface area contributed by atoms with Gasteiger partial charge in [0.2, 0.25) is 0 Å². The van der Waals surface area contributed by atoms with Crippen molar-refractivity contribution in [2.24, 2.45) is 0 Å². The summed E-state index contributed by atoms with van der Waals surface area (Å²) >= 11 is 5.04. The number of hydrogen-bond donors (Lipinski definition) is 4. The van der Waals surface area contributed by atoms with Gasteiger partial charge in [-0.15, -0.1) is 0 Å². The quantitative estimate of drug-likeness (QED) is 0.501. The highest BCUT2D eigenvalue weighted by molar-refractivity contribution is 7.71. The number of nitrogens with zero attached hydrogens (tertiary/aromatic N) is 3. The van der Waals surface area contributed by atoms with Crippen LogP contribution in [0, 0.1) is 4.64 Å². The number of nitrogens with one attached hydrogen (secondary N) is 1. The van der Waals surface area contributed by atoms with Crippen molar-refractivity contribution in [3.63, 3.8) is 0 Å². The molecule has 19 heavy (non-hydrogen) atoms. The first-order valence-electron chi connectivity index (χ1n) is 5.65. The molecule has 0 bridgehead atoms. The van der Waals surface area contributed by atoms with Crippen molar-refractivity contribution in [1.82, 2.24) is 19.5 Å². The number of aromatic nitrogens is 4. The number of hydrogen-bond acceptors (Lipinski definition) is 7. The van der Waals surface area contributed by atoms with Gasteiger partial charge in [-0.1, -0.05) is 12.2 Å². The van der Waals surface area contributed by atoms with Crippen LogP contribution in [-0.4, -0.2) is 59.8 Å². The summed E-state index contributed by atoms with van der Waals surface area (Å²) in [5, 5.41) is 29.1. The van der Waals surface area contributed by atoms with Crippen molar-refractivity contribution in [2.45, 2.75) is 24.5 Å². The van der Waals surface area contributed by atoms with E-state index in [-0.39, 0.29) is 6.61 Å². The third kappa shape index (κ3) is 1.95. The van der Waals surface area contributed by atoms with Crippen LogP contribution < -0.4 is 0 Å². The lowest BCUT2D eigenvalue weighted by molar-refractivity contribution is -0.210. The first kappa shape index (κ1) is 12.6. The molecular formula is C10H12N4O4S. The summed E-state index contributed by atoms with van der Waals surface area (Å²) in [5.41, 5.74) is 1.02. The summed E-state index contributed by atoms with van der Waals surface area (Å²) < 4.78 is 7.21. The monoisotopic (exact) mass is 284 g/mol. The van der Waals surface area contributed by atoms with Gasteiger partial charge in [-0.2, -0.15) is 0 Å². The molecule has 1 aliphatic heterocycles. The number of imidazole rings is 1. The van der Waals surface area contributed by atoms with Crippen LogP contribution in [0.4, 0.5) is 0 Å². The van der Waals surface area contributed by atoms with Gasteiger partial charge in [0, 0.05) is 0 Å². The Morgan fingerprint density at radius 3 is 2.89 bits per heavy atom. The predicted molar refractivity (Wildman–Crippen MR) is 65.7 cm³/mol. The van der Waals surface area contributed by atoms with Gasteiger partial charge in [-0.05, 0) is 0 Å². The summed E-state index contributed by atoms with van der Waals surface area (Å²) in [6.45, 7) is -0.0750. The van der Waals surface area contributed by atoms with E-state index in [0.29, 0.717) is 15.8 Å². The van der Waals surface area contributed by atoms with E-state index < -0.39 is 24.5 Å². The second-order valence-electron chi connectivity index (χ2n) is 4.33. The lowest BCUT2D eigenvalue weighted by Crippen LogP contribution is -2.50. The molecule has 9 heteroatoms. The molecule has 8 nitrogen and oxygen atoms in total. The van der Waals surface area contributed by atoms with Gasteiger partial charge >= 0.3 is 0 Å². The number of aromatic amines is 1. The maximum absolute atomic E-state index is 9.97. The first-order chi connectivity index (χ1) is 9.09. The third-order valence-corrected chi connectivity index (χ3v) is 3.43. The van der Waals surface area contributed by atoms with E-state index in [1.807, 2.05) is 0 Å². The number of fused-ring (bicyclic) bond motifs is 1. The summed E-state index contributed by atoms with van der Waals surface area (Å²) in [5.74, 6) is 0. The lowest BCUT2D eigenvalue weighted by atomic mass is 10.0. The average molecular weight is 284 g/mol. The summed E-state index contributed by atoms with van der Waals surface area (Å²) in [4.78, 5) is 10.9. The van der Waals surface area contributed by atoms with Crippen LogP contribution in [0.5, 0.6) is 0 Å². The number of aliphatic hydroxyl groups excluding tert-OH is 3. The topological polar surface area (TPSA) is 116 Å². The molecule has 0 aliphatic carbocycles. The second kappa shape index (κ2) is 4.62. The molecule has 0 radical (unpaired) electrons. The van der Waals surface area contributed by atoms with Gasteiger partial charge in [0.15, 0.2) is 10.9 Å². The van der Waals surface area contributed by atoms with E-state index in [2.05, 4.69) is 15.0 Å². The summed E-state index contributed by atoms with van der Waals surface area (Å²) in [7, 11) is 0. The molecule has 0 unspecified atom stereocenters. The smallest absolute Gasteiger partial charge is 0.165 e. The molecule has 1 fully saturated rings. The van der Waals surface area contributed by atoms with Crippen molar-refractivity contribution in [1.29, 1.82) is 0 Å². The Morgan fingerprint density at radius 1 is 1.32 bits per heavy atom. The molecule has 3 heterocycles. The SMILES string of the molecule is O[C@@H]1[C@H](O)[C@H](O)CO[C@@H]1n1cnc2c(=S)nc[nH]c21. The third-order valence-electron chi connectivity index (χ3n) is 3.13. The number of H-pyrrole nitrogens is 1.